The van der Waals surface area contributed by atoms with Crippen LogP contribution in [0.4, 0.5) is 4.39 Å². The number of benzene rings is 2. The summed E-state index contributed by atoms with van der Waals surface area (Å²) in [6.07, 6.45) is 0.768. The van der Waals surface area contributed by atoms with E-state index in [2.05, 4.69) is 5.32 Å². The molecular formula is C22H28FN3O6S2. The molecule has 2 aromatic carbocycles. The van der Waals surface area contributed by atoms with Crippen molar-refractivity contribution in [1.82, 2.24) is 13.9 Å². The molecule has 0 aromatic heterocycles. The molecule has 9 nitrogen and oxygen atoms in total. The van der Waals surface area contributed by atoms with E-state index in [1.54, 1.807) is 12.1 Å². The molecular weight excluding hydrogens is 485 g/mol. The number of amides is 1. The summed E-state index contributed by atoms with van der Waals surface area (Å²) in [7, 11) is -4.32. The molecule has 1 amide bonds. The van der Waals surface area contributed by atoms with Crippen LogP contribution in [0.2, 0.25) is 0 Å². The van der Waals surface area contributed by atoms with E-state index in [1.165, 1.54) is 42.7 Å². The predicted octanol–water partition coefficient (Wildman–Crippen LogP) is 1.67. The summed E-state index contributed by atoms with van der Waals surface area (Å²) >= 11 is 0. The van der Waals surface area contributed by atoms with Gasteiger partial charge in [-0.1, -0.05) is 0 Å². The average molecular weight is 514 g/mol. The van der Waals surface area contributed by atoms with Gasteiger partial charge in [-0.15, -0.1) is 0 Å². The number of piperidine rings is 1. The van der Waals surface area contributed by atoms with Crippen LogP contribution in [0, 0.1) is 11.7 Å². The maximum atomic E-state index is 13.1. The molecule has 1 N–H and O–H groups in total. The van der Waals surface area contributed by atoms with Crippen molar-refractivity contribution in [3.8, 4) is 5.75 Å². The fourth-order valence-corrected chi connectivity index (χ4v) is 5.89. The largest absolute Gasteiger partial charge is 0.492 e. The topological polar surface area (TPSA) is 113 Å². The van der Waals surface area contributed by atoms with Crippen molar-refractivity contribution in [1.29, 1.82) is 0 Å². The fraction of sp³-hybridized carbons (Fsp3) is 0.409. The third kappa shape index (κ3) is 6.12. The van der Waals surface area contributed by atoms with Gasteiger partial charge in [-0.25, -0.2) is 25.5 Å². The third-order valence-electron chi connectivity index (χ3n) is 5.55. The minimum absolute atomic E-state index is 0.0290. The van der Waals surface area contributed by atoms with Crippen molar-refractivity contribution < 1.29 is 30.8 Å². The summed E-state index contributed by atoms with van der Waals surface area (Å²) in [6, 6.07) is 10.7. The Balaban J connectivity index is 1.42. The summed E-state index contributed by atoms with van der Waals surface area (Å²) < 4.78 is 70.6. The molecule has 1 saturated heterocycles. The Hall–Kier alpha value is -2.54. The van der Waals surface area contributed by atoms with Gasteiger partial charge < -0.3 is 10.1 Å². The molecule has 0 saturated carbocycles. The second kappa shape index (κ2) is 10.8. The molecule has 0 bridgehead atoms. The lowest BCUT2D eigenvalue weighted by Gasteiger charge is -2.30. The zero-order valence-corrected chi connectivity index (χ0v) is 20.6. The lowest BCUT2D eigenvalue weighted by Crippen LogP contribution is -2.43. The van der Waals surface area contributed by atoms with E-state index in [9.17, 15) is 26.0 Å². The van der Waals surface area contributed by atoms with Crippen LogP contribution in [0.15, 0.2) is 58.3 Å². The molecule has 1 heterocycles. The molecule has 0 radical (unpaired) electrons. The molecule has 0 unspecified atom stereocenters. The maximum absolute atomic E-state index is 13.1. The van der Waals surface area contributed by atoms with Crippen LogP contribution in [-0.4, -0.2) is 71.7 Å². The second-order valence-corrected chi connectivity index (χ2v) is 12.1. The highest BCUT2D eigenvalue weighted by molar-refractivity contribution is 7.89. The molecule has 1 fully saturated rings. The molecule has 0 spiro atoms. The minimum Gasteiger partial charge on any atom is -0.492 e. The zero-order valence-electron chi connectivity index (χ0n) is 19.0. The van der Waals surface area contributed by atoms with E-state index in [1.807, 2.05) is 0 Å². The number of sulfonamides is 2. The molecule has 3 rings (SSSR count). The van der Waals surface area contributed by atoms with Crippen molar-refractivity contribution >= 4 is 26.0 Å². The monoisotopic (exact) mass is 513 g/mol. The molecule has 2 aromatic rings. The van der Waals surface area contributed by atoms with Crippen molar-refractivity contribution in [3.63, 3.8) is 0 Å². The molecule has 1 aliphatic heterocycles. The minimum atomic E-state index is -3.72. The van der Waals surface area contributed by atoms with Crippen molar-refractivity contribution in [2.75, 3.05) is 40.3 Å². The number of nitrogens with one attached hydrogen (secondary N) is 1. The van der Waals surface area contributed by atoms with Gasteiger partial charge in [0, 0.05) is 33.1 Å². The van der Waals surface area contributed by atoms with Crippen molar-refractivity contribution in [3.05, 3.63) is 54.3 Å². The molecule has 12 heteroatoms. The Morgan fingerprint density at radius 3 is 2.12 bits per heavy atom. The predicted molar refractivity (Wildman–Crippen MR) is 124 cm³/mol. The van der Waals surface area contributed by atoms with Crippen LogP contribution in [0.25, 0.3) is 0 Å². The van der Waals surface area contributed by atoms with Gasteiger partial charge in [-0.2, -0.15) is 4.31 Å². The van der Waals surface area contributed by atoms with Crippen LogP contribution in [-0.2, 0) is 24.8 Å². The standard InChI is InChI=1S/C22H28FN3O6S2/c1-25(2)33(28,29)20-9-5-19(6-10-20)32-16-13-24-22(27)17-11-14-26(15-12-17)34(30,31)21-7-3-18(23)4-8-21/h3-10,17H,11-16H2,1-2H3,(H,24,27). The van der Waals surface area contributed by atoms with E-state index in [-0.39, 0.29) is 47.9 Å². The number of hydrogen-bond acceptors (Lipinski definition) is 6. The highest BCUT2D eigenvalue weighted by Gasteiger charge is 2.32. The van der Waals surface area contributed by atoms with Crippen molar-refractivity contribution in [2.45, 2.75) is 22.6 Å². The smallest absolute Gasteiger partial charge is 0.243 e. The maximum Gasteiger partial charge on any atom is 0.243 e. The van der Waals surface area contributed by atoms with Gasteiger partial charge in [0.15, 0.2) is 0 Å². The SMILES string of the molecule is CN(C)S(=O)(=O)c1ccc(OCCNC(=O)C2CCN(S(=O)(=O)c3ccc(F)cc3)CC2)cc1. The average Bonchev–Trinajstić information content (AvgIpc) is 2.82. The van der Waals surface area contributed by atoms with Crippen molar-refractivity contribution in [2.24, 2.45) is 5.92 Å². The Bertz CT molecular complexity index is 1190. The fourth-order valence-electron chi connectivity index (χ4n) is 3.52. The van der Waals surface area contributed by atoms with Gasteiger partial charge in [-0.3, -0.25) is 4.79 Å². The summed E-state index contributed by atoms with van der Waals surface area (Å²) in [5, 5.41) is 2.79. The Labute approximate surface area is 199 Å². The number of hydrogen-bond donors (Lipinski definition) is 1. The van der Waals surface area contributed by atoms with Gasteiger partial charge in [-0.05, 0) is 61.4 Å². The lowest BCUT2D eigenvalue weighted by atomic mass is 9.97. The zero-order chi connectivity index (χ0) is 24.9. The van der Waals surface area contributed by atoms with E-state index >= 15 is 0 Å². The number of rotatable bonds is 9. The molecule has 1 aliphatic rings. The Morgan fingerprint density at radius 2 is 1.56 bits per heavy atom. The molecule has 34 heavy (non-hydrogen) atoms. The van der Waals surface area contributed by atoms with E-state index < -0.39 is 25.9 Å². The van der Waals surface area contributed by atoms with Gasteiger partial charge in [0.2, 0.25) is 26.0 Å². The van der Waals surface area contributed by atoms with Crippen LogP contribution >= 0.6 is 0 Å². The number of nitrogens with zero attached hydrogens (tertiary/aromatic N) is 2. The van der Waals surface area contributed by atoms with E-state index in [4.69, 9.17) is 4.74 Å². The number of ether oxygens (including phenoxy) is 1. The van der Waals surface area contributed by atoms with Crippen LogP contribution in [0.3, 0.4) is 0 Å². The lowest BCUT2D eigenvalue weighted by molar-refractivity contribution is -0.126. The Kier molecular flexibility index (Phi) is 8.29. The highest BCUT2D eigenvalue weighted by Crippen LogP contribution is 2.24. The van der Waals surface area contributed by atoms with Crippen LogP contribution in [0.1, 0.15) is 12.8 Å². The quantitative estimate of drug-likeness (QED) is 0.511. The van der Waals surface area contributed by atoms with Gasteiger partial charge in [0.1, 0.15) is 18.2 Å². The number of halogens is 1. The van der Waals surface area contributed by atoms with E-state index in [0.29, 0.717) is 18.6 Å². The molecule has 186 valence electrons. The van der Waals surface area contributed by atoms with E-state index in [0.717, 1.165) is 16.4 Å². The van der Waals surface area contributed by atoms with Gasteiger partial charge in [0.05, 0.1) is 16.3 Å². The Morgan fingerprint density at radius 1 is 1.00 bits per heavy atom. The number of carbonyl (C=O) groups is 1. The second-order valence-electron chi connectivity index (χ2n) is 8.03. The van der Waals surface area contributed by atoms with Gasteiger partial charge >= 0.3 is 0 Å². The molecule has 0 aliphatic carbocycles. The summed E-state index contributed by atoms with van der Waals surface area (Å²) in [4.78, 5) is 12.6. The number of carbonyl (C=O) groups excluding carboxylic acids is 1. The first kappa shape index (κ1) is 26.1. The first-order valence-electron chi connectivity index (χ1n) is 10.7. The van der Waals surface area contributed by atoms with Gasteiger partial charge in [0.25, 0.3) is 0 Å². The first-order chi connectivity index (χ1) is 16.0. The van der Waals surface area contributed by atoms with Crippen LogP contribution in [0.5, 0.6) is 5.75 Å². The summed E-state index contributed by atoms with van der Waals surface area (Å²) in [5.74, 6) is -0.510. The first-order valence-corrected chi connectivity index (χ1v) is 13.6. The third-order valence-corrected chi connectivity index (χ3v) is 9.29. The summed E-state index contributed by atoms with van der Waals surface area (Å²) in [6.45, 7) is 0.862. The normalized spacial score (nSPS) is 15.9. The summed E-state index contributed by atoms with van der Waals surface area (Å²) in [5.41, 5.74) is 0. The highest BCUT2D eigenvalue weighted by atomic mass is 32.2. The molecule has 0 atom stereocenters. The van der Waals surface area contributed by atoms with Crippen LogP contribution < -0.4 is 10.1 Å².